The van der Waals surface area contributed by atoms with E-state index in [0.717, 1.165) is 52.4 Å². The van der Waals surface area contributed by atoms with Gasteiger partial charge >= 0.3 is 6.09 Å². The molecule has 0 aromatic carbocycles. The molecule has 9 nitrogen and oxygen atoms in total. The molecule has 0 radical (unpaired) electrons. The Morgan fingerprint density at radius 3 is 2.47 bits per heavy atom. The Labute approximate surface area is 222 Å². The lowest BCUT2D eigenvalue weighted by Crippen LogP contribution is -2.50. The number of pyridine rings is 2. The predicted molar refractivity (Wildman–Crippen MR) is 145 cm³/mol. The molecule has 2 N–H and O–H groups in total. The van der Waals surface area contributed by atoms with Gasteiger partial charge in [0.05, 0.1) is 11.3 Å². The van der Waals surface area contributed by atoms with E-state index in [9.17, 15) is 9.59 Å². The zero-order chi connectivity index (χ0) is 26.5. The fraction of sp³-hybridized carbons (Fsp3) is 0.448. The number of aromatic nitrogens is 3. The number of ether oxygens (including phenoxy) is 1. The first-order valence-electron chi connectivity index (χ1n) is 13.4. The van der Waals surface area contributed by atoms with Gasteiger partial charge < -0.3 is 24.8 Å². The second kappa shape index (κ2) is 9.15. The van der Waals surface area contributed by atoms with Crippen LogP contribution in [0.4, 0.5) is 10.6 Å². The maximum absolute atomic E-state index is 12.5. The number of anilines is 1. The topological polar surface area (TPSA) is 103 Å². The Bertz CT molecular complexity index is 1360. The molecule has 2 aliphatic heterocycles. The summed E-state index contributed by atoms with van der Waals surface area (Å²) in [7, 11) is 0. The zero-order valence-electron chi connectivity index (χ0n) is 22.2. The molecule has 1 saturated heterocycles. The SMILES string of the molecule is CC(C)(C)OC(=O)N1CCN(c2ccc(-c3cc(-c4cc5c([nH]4)C4(CCC4)CNC5=O)ccn3)cn2)CC1. The maximum Gasteiger partial charge on any atom is 0.410 e. The zero-order valence-corrected chi connectivity index (χ0v) is 22.2. The van der Waals surface area contributed by atoms with E-state index in [1.54, 1.807) is 11.1 Å². The fourth-order valence-corrected chi connectivity index (χ4v) is 5.60. The molecule has 0 unspecified atom stereocenters. The van der Waals surface area contributed by atoms with Crippen molar-refractivity contribution in [2.24, 2.45) is 0 Å². The number of carbonyl (C=O) groups excluding carboxylic acids is 2. The predicted octanol–water partition coefficient (Wildman–Crippen LogP) is 4.36. The van der Waals surface area contributed by atoms with Crippen LogP contribution < -0.4 is 10.2 Å². The van der Waals surface area contributed by atoms with Crippen molar-refractivity contribution in [3.8, 4) is 22.5 Å². The Hall–Kier alpha value is -3.88. The quantitative estimate of drug-likeness (QED) is 0.538. The van der Waals surface area contributed by atoms with Crippen LogP contribution in [-0.4, -0.2) is 70.2 Å². The molecule has 2 amide bonds. The van der Waals surface area contributed by atoms with E-state index in [1.165, 1.54) is 6.42 Å². The number of nitrogens with one attached hydrogen (secondary N) is 2. The van der Waals surface area contributed by atoms with Gasteiger partial charge in [-0.25, -0.2) is 9.78 Å². The van der Waals surface area contributed by atoms with E-state index in [0.29, 0.717) is 32.7 Å². The minimum absolute atomic E-state index is 0.000946. The van der Waals surface area contributed by atoms with Gasteiger partial charge in [0.15, 0.2) is 0 Å². The van der Waals surface area contributed by atoms with Crippen molar-refractivity contribution in [1.29, 1.82) is 0 Å². The molecule has 1 aliphatic carbocycles. The summed E-state index contributed by atoms with van der Waals surface area (Å²) in [5.41, 5.74) is 5.10. The molecule has 1 spiro atoms. The number of piperazine rings is 1. The molecule has 2 fully saturated rings. The van der Waals surface area contributed by atoms with E-state index in [1.807, 2.05) is 57.3 Å². The molecule has 3 aromatic heterocycles. The number of aromatic amines is 1. The van der Waals surface area contributed by atoms with Crippen molar-refractivity contribution >= 4 is 17.8 Å². The smallest absolute Gasteiger partial charge is 0.410 e. The van der Waals surface area contributed by atoms with Crippen LogP contribution in [0.2, 0.25) is 0 Å². The summed E-state index contributed by atoms with van der Waals surface area (Å²) in [5.74, 6) is 0.878. The van der Waals surface area contributed by atoms with Crippen molar-refractivity contribution in [2.45, 2.75) is 51.0 Å². The average molecular weight is 515 g/mol. The van der Waals surface area contributed by atoms with Crippen molar-refractivity contribution in [2.75, 3.05) is 37.6 Å². The molecule has 0 atom stereocenters. The summed E-state index contributed by atoms with van der Waals surface area (Å²) in [6.45, 7) is 8.96. The molecule has 198 valence electrons. The average Bonchev–Trinajstić information content (AvgIpc) is 3.34. The van der Waals surface area contributed by atoms with Crippen LogP contribution in [0.25, 0.3) is 22.5 Å². The number of fused-ring (bicyclic) bond motifs is 2. The van der Waals surface area contributed by atoms with Crippen molar-refractivity contribution in [1.82, 2.24) is 25.2 Å². The molecule has 38 heavy (non-hydrogen) atoms. The van der Waals surface area contributed by atoms with Crippen LogP contribution in [0, 0.1) is 0 Å². The first-order valence-corrected chi connectivity index (χ1v) is 13.4. The van der Waals surface area contributed by atoms with Crippen LogP contribution in [0.5, 0.6) is 0 Å². The highest BCUT2D eigenvalue weighted by Gasteiger charge is 2.45. The normalized spacial score (nSPS) is 18.6. The molecule has 3 aliphatic rings. The number of H-pyrrole nitrogens is 1. The number of carbonyl (C=O) groups is 2. The number of rotatable bonds is 3. The summed E-state index contributed by atoms with van der Waals surface area (Å²) in [5, 5.41) is 3.07. The van der Waals surface area contributed by atoms with E-state index >= 15 is 0 Å². The number of amides is 2. The lowest BCUT2D eigenvalue weighted by atomic mass is 9.64. The molecule has 3 aromatic rings. The van der Waals surface area contributed by atoms with Gasteiger partial charge in [-0.05, 0) is 63.9 Å². The Morgan fingerprint density at radius 2 is 1.82 bits per heavy atom. The van der Waals surface area contributed by atoms with E-state index in [2.05, 4.69) is 20.2 Å². The summed E-state index contributed by atoms with van der Waals surface area (Å²) in [4.78, 5) is 41.7. The monoisotopic (exact) mass is 514 g/mol. The van der Waals surface area contributed by atoms with Crippen molar-refractivity contribution < 1.29 is 14.3 Å². The van der Waals surface area contributed by atoms with Gasteiger partial charge in [0.2, 0.25) is 0 Å². The first kappa shape index (κ1) is 24.5. The number of nitrogens with zero attached hydrogens (tertiary/aromatic N) is 4. The summed E-state index contributed by atoms with van der Waals surface area (Å²) < 4.78 is 5.50. The van der Waals surface area contributed by atoms with E-state index in [-0.39, 0.29) is 17.4 Å². The molecule has 6 rings (SSSR count). The molecule has 9 heteroatoms. The largest absolute Gasteiger partial charge is 0.444 e. The highest BCUT2D eigenvalue weighted by atomic mass is 16.6. The summed E-state index contributed by atoms with van der Waals surface area (Å²) >= 11 is 0. The minimum atomic E-state index is -0.495. The van der Waals surface area contributed by atoms with E-state index < -0.39 is 5.60 Å². The molecule has 0 bridgehead atoms. The molecule has 5 heterocycles. The number of hydrogen-bond acceptors (Lipinski definition) is 6. The standard InChI is InChI=1S/C29H34N6O3/c1-28(2,3)38-27(37)35-13-11-34(12-14-35)24-6-5-20(17-31-24)22-15-19(7-10-30-22)23-16-21-25(33-23)29(8-4-9-29)18-32-26(21)36/h5-7,10,15-17,33H,4,8-9,11-14,18H2,1-3H3,(H,32,36). The fourth-order valence-electron chi connectivity index (χ4n) is 5.60. The van der Waals surface area contributed by atoms with E-state index in [4.69, 9.17) is 9.72 Å². The van der Waals surface area contributed by atoms with Gasteiger partial charge in [-0.15, -0.1) is 0 Å². The van der Waals surface area contributed by atoms with Crippen LogP contribution in [0.1, 0.15) is 56.1 Å². The Morgan fingerprint density at radius 1 is 1.03 bits per heavy atom. The third-order valence-corrected chi connectivity index (χ3v) is 7.86. The third-order valence-electron chi connectivity index (χ3n) is 7.86. The second-order valence-corrected chi connectivity index (χ2v) is 11.6. The summed E-state index contributed by atoms with van der Waals surface area (Å²) in [6, 6.07) is 10.0. The van der Waals surface area contributed by atoms with Crippen molar-refractivity contribution in [3.05, 3.63) is 54.0 Å². The van der Waals surface area contributed by atoms with Gasteiger partial charge in [0.25, 0.3) is 5.91 Å². The lowest BCUT2D eigenvalue weighted by molar-refractivity contribution is 0.0240. The second-order valence-electron chi connectivity index (χ2n) is 11.6. The molecular formula is C29H34N6O3. The number of hydrogen-bond donors (Lipinski definition) is 2. The van der Waals surface area contributed by atoms with Gasteiger partial charge in [-0.1, -0.05) is 6.42 Å². The van der Waals surface area contributed by atoms with Gasteiger partial charge in [-0.3, -0.25) is 9.78 Å². The van der Waals surface area contributed by atoms with Crippen LogP contribution in [-0.2, 0) is 10.2 Å². The summed E-state index contributed by atoms with van der Waals surface area (Å²) in [6.07, 6.45) is 6.79. The van der Waals surface area contributed by atoms with Crippen LogP contribution in [0.3, 0.4) is 0 Å². The van der Waals surface area contributed by atoms with Gasteiger partial charge in [0.1, 0.15) is 11.4 Å². The van der Waals surface area contributed by atoms with Crippen LogP contribution >= 0.6 is 0 Å². The van der Waals surface area contributed by atoms with Gasteiger partial charge in [-0.2, -0.15) is 0 Å². The minimum Gasteiger partial charge on any atom is -0.444 e. The highest BCUT2D eigenvalue weighted by Crippen LogP contribution is 2.46. The van der Waals surface area contributed by atoms with Gasteiger partial charge in [0, 0.05) is 73.0 Å². The lowest BCUT2D eigenvalue weighted by Gasteiger charge is -2.44. The highest BCUT2D eigenvalue weighted by molar-refractivity contribution is 5.98. The Balaban J connectivity index is 1.16. The molecule has 1 saturated carbocycles. The molecular weight excluding hydrogens is 480 g/mol. The third kappa shape index (κ3) is 4.50. The van der Waals surface area contributed by atoms with Crippen LogP contribution in [0.15, 0.2) is 42.7 Å². The maximum atomic E-state index is 12.5. The van der Waals surface area contributed by atoms with Crippen molar-refractivity contribution in [3.63, 3.8) is 0 Å². The Kier molecular flexibility index (Phi) is 5.89. The first-order chi connectivity index (χ1) is 18.2.